The van der Waals surface area contributed by atoms with Crippen LogP contribution in [0.4, 0.5) is 11.5 Å². The predicted molar refractivity (Wildman–Crippen MR) is 112 cm³/mol. The topological polar surface area (TPSA) is 70.5 Å². The minimum atomic E-state index is 0.0714. The second-order valence-corrected chi connectivity index (χ2v) is 6.79. The minimum Gasteiger partial charge on any atom is -0.497 e. The largest absolute Gasteiger partial charge is 0.497 e. The number of aliphatic hydroxyl groups excluding tert-OH is 1. The second-order valence-electron chi connectivity index (χ2n) is 6.79. The molecular weight excluding hydrogens is 352 g/mol. The number of para-hydroxylation sites is 1. The number of likely N-dealkylation sites (N-methyl/N-ethyl adjacent to an activating group) is 1. The van der Waals surface area contributed by atoms with Crippen LogP contribution in [0.15, 0.2) is 48.5 Å². The van der Waals surface area contributed by atoms with E-state index >= 15 is 0 Å². The number of fused-ring (bicyclic) bond motifs is 3. The summed E-state index contributed by atoms with van der Waals surface area (Å²) in [5, 5.41) is 12.9. The van der Waals surface area contributed by atoms with Crippen molar-refractivity contribution in [3.05, 3.63) is 54.1 Å². The number of nitrogens with one attached hydrogen (secondary N) is 1. The van der Waals surface area contributed by atoms with Crippen LogP contribution in [0.2, 0.25) is 0 Å². The first-order valence-electron chi connectivity index (χ1n) is 9.42. The second kappa shape index (κ2) is 7.86. The lowest BCUT2D eigenvalue weighted by Crippen LogP contribution is -2.24. The molecule has 28 heavy (non-hydrogen) atoms. The normalized spacial score (nSPS) is 12.4. The van der Waals surface area contributed by atoms with Gasteiger partial charge < -0.3 is 20.1 Å². The smallest absolute Gasteiger partial charge is 0.162 e. The first-order chi connectivity index (χ1) is 13.7. The molecule has 6 nitrogen and oxygen atoms in total. The molecule has 0 fully saturated rings. The number of hydrogen-bond acceptors (Lipinski definition) is 6. The van der Waals surface area contributed by atoms with Gasteiger partial charge in [0.2, 0.25) is 0 Å². The summed E-state index contributed by atoms with van der Waals surface area (Å²) in [6, 6.07) is 16.0. The molecule has 6 heteroatoms. The van der Waals surface area contributed by atoms with Gasteiger partial charge in [-0.1, -0.05) is 18.2 Å². The minimum absolute atomic E-state index is 0.0714. The summed E-state index contributed by atoms with van der Waals surface area (Å²) in [6.45, 7) is 1.40. The van der Waals surface area contributed by atoms with Crippen LogP contribution in [0.5, 0.6) is 5.75 Å². The lowest BCUT2D eigenvalue weighted by Gasteiger charge is -2.22. The van der Waals surface area contributed by atoms with Crippen molar-refractivity contribution >= 4 is 11.5 Å². The molecule has 0 aliphatic carbocycles. The summed E-state index contributed by atoms with van der Waals surface area (Å²) >= 11 is 0. The summed E-state index contributed by atoms with van der Waals surface area (Å²) in [7, 11) is 3.61. The third kappa shape index (κ3) is 3.39. The van der Waals surface area contributed by atoms with Gasteiger partial charge in [0.05, 0.1) is 19.4 Å². The van der Waals surface area contributed by atoms with E-state index in [4.69, 9.17) is 14.7 Å². The van der Waals surface area contributed by atoms with E-state index in [0.29, 0.717) is 12.4 Å². The highest BCUT2D eigenvalue weighted by atomic mass is 16.5. The van der Waals surface area contributed by atoms with Crippen molar-refractivity contribution in [1.82, 2.24) is 9.97 Å². The quantitative estimate of drug-likeness (QED) is 0.713. The van der Waals surface area contributed by atoms with Crippen molar-refractivity contribution in [3.8, 4) is 28.4 Å². The van der Waals surface area contributed by atoms with Crippen molar-refractivity contribution in [3.63, 3.8) is 0 Å². The van der Waals surface area contributed by atoms with Gasteiger partial charge in [0.25, 0.3) is 0 Å². The SMILES string of the molecule is COc1ccc(-c2nc3c(c(N(C)CCO)n2)CCNc2ccccc2-3)cc1. The van der Waals surface area contributed by atoms with Crippen molar-refractivity contribution in [2.75, 3.05) is 44.1 Å². The van der Waals surface area contributed by atoms with Crippen molar-refractivity contribution in [2.45, 2.75) is 6.42 Å². The van der Waals surface area contributed by atoms with Crippen LogP contribution in [0, 0.1) is 0 Å². The third-order valence-corrected chi connectivity index (χ3v) is 5.00. The summed E-state index contributed by atoms with van der Waals surface area (Å²) < 4.78 is 5.27. The Labute approximate surface area is 164 Å². The molecule has 0 atom stereocenters. The molecule has 0 saturated carbocycles. The van der Waals surface area contributed by atoms with E-state index < -0.39 is 0 Å². The zero-order valence-electron chi connectivity index (χ0n) is 16.1. The molecule has 1 aliphatic heterocycles. The third-order valence-electron chi connectivity index (χ3n) is 5.00. The number of methoxy groups -OCH3 is 1. The van der Waals surface area contributed by atoms with E-state index in [0.717, 1.165) is 52.6 Å². The molecule has 2 heterocycles. The molecule has 0 bridgehead atoms. The Balaban J connectivity index is 1.92. The Morgan fingerprint density at radius 3 is 2.64 bits per heavy atom. The standard InChI is InChI=1S/C22H24N4O2/c1-26(13-14-27)22-18-11-12-23-19-6-4-3-5-17(19)20(18)24-21(25-22)15-7-9-16(28-2)10-8-15/h3-10,23,27H,11-14H2,1-2H3. The lowest BCUT2D eigenvalue weighted by atomic mass is 10.0. The zero-order chi connectivity index (χ0) is 19.5. The summed E-state index contributed by atoms with van der Waals surface area (Å²) in [4.78, 5) is 11.8. The van der Waals surface area contributed by atoms with E-state index in [1.165, 1.54) is 0 Å². The van der Waals surface area contributed by atoms with Crippen molar-refractivity contribution < 1.29 is 9.84 Å². The molecule has 2 aromatic carbocycles. The zero-order valence-corrected chi connectivity index (χ0v) is 16.1. The predicted octanol–water partition coefficient (Wildman–Crippen LogP) is 3.22. The Bertz CT molecular complexity index is 973. The lowest BCUT2D eigenvalue weighted by molar-refractivity contribution is 0.303. The van der Waals surface area contributed by atoms with Crippen LogP contribution in [-0.4, -0.2) is 48.9 Å². The number of anilines is 2. The fourth-order valence-electron chi connectivity index (χ4n) is 3.53. The fourth-order valence-corrected chi connectivity index (χ4v) is 3.53. The number of benzene rings is 2. The van der Waals surface area contributed by atoms with Crippen LogP contribution in [0.1, 0.15) is 5.56 Å². The number of rotatable bonds is 5. The van der Waals surface area contributed by atoms with Crippen LogP contribution < -0.4 is 15.0 Å². The van der Waals surface area contributed by atoms with Gasteiger partial charge in [-0.2, -0.15) is 0 Å². The first kappa shape index (κ1) is 18.3. The van der Waals surface area contributed by atoms with E-state index in [1.807, 2.05) is 48.3 Å². The molecule has 0 unspecified atom stereocenters. The Kier molecular flexibility index (Phi) is 5.12. The molecule has 0 spiro atoms. The van der Waals surface area contributed by atoms with E-state index in [1.54, 1.807) is 7.11 Å². The average Bonchev–Trinajstić information content (AvgIpc) is 2.93. The number of aromatic nitrogens is 2. The molecule has 3 aromatic rings. The molecule has 4 rings (SSSR count). The summed E-state index contributed by atoms with van der Waals surface area (Å²) in [5.74, 6) is 2.33. The number of nitrogens with zero attached hydrogens (tertiary/aromatic N) is 3. The molecule has 0 saturated heterocycles. The Morgan fingerprint density at radius 1 is 1.11 bits per heavy atom. The first-order valence-corrected chi connectivity index (χ1v) is 9.42. The number of ether oxygens (including phenoxy) is 1. The van der Waals surface area contributed by atoms with E-state index in [-0.39, 0.29) is 6.61 Å². The molecule has 1 aromatic heterocycles. The summed E-state index contributed by atoms with van der Waals surface area (Å²) in [5.41, 5.74) is 5.13. The molecule has 2 N–H and O–H groups in total. The van der Waals surface area contributed by atoms with Gasteiger partial charge >= 0.3 is 0 Å². The van der Waals surface area contributed by atoms with Gasteiger partial charge in [0, 0.05) is 42.5 Å². The number of aliphatic hydroxyl groups is 1. The maximum atomic E-state index is 9.45. The Morgan fingerprint density at radius 2 is 1.89 bits per heavy atom. The number of hydrogen-bond donors (Lipinski definition) is 2. The molecular formula is C22H24N4O2. The van der Waals surface area contributed by atoms with Gasteiger partial charge in [-0.3, -0.25) is 0 Å². The van der Waals surface area contributed by atoms with Crippen LogP contribution >= 0.6 is 0 Å². The molecule has 144 valence electrons. The summed E-state index contributed by atoms with van der Waals surface area (Å²) in [6.07, 6.45) is 0.817. The van der Waals surface area contributed by atoms with Crippen LogP contribution in [-0.2, 0) is 6.42 Å². The van der Waals surface area contributed by atoms with Crippen molar-refractivity contribution in [1.29, 1.82) is 0 Å². The van der Waals surface area contributed by atoms with E-state index in [2.05, 4.69) is 17.4 Å². The van der Waals surface area contributed by atoms with Crippen molar-refractivity contribution in [2.24, 2.45) is 0 Å². The maximum Gasteiger partial charge on any atom is 0.162 e. The van der Waals surface area contributed by atoms with Gasteiger partial charge in [0.1, 0.15) is 11.6 Å². The fraction of sp³-hybridized carbons (Fsp3) is 0.273. The highest BCUT2D eigenvalue weighted by Gasteiger charge is 2.23. The maximum absolute atomic E-state index is 9.45. The van der Waals surface area contributed by atoms with Gasteiger partial charge in [0.15, 0.2) is 5.82 Å². The van der Waals surface area contributed by atoms with Gasteiger partial charge in [-0.15, -0.1) is 0 Å². The van der Waals surface area contributed by atoms with E-state index in [9.17, 15) is 5.11 Å². The Hall–Kier alpha value is -3.12. The monoisotopic (exact) mass is 376 g/mol. The van der Waals surface area contributed by atoms with Gasteiger partial charge in [-0.25, -0.2) is 9.97 Å². The molecule has 0 amide bonds. The van der Waals surface area contributed by atoms with Crippen LogP contribution in [0.3, 0.4) is 0 Å². The van der Waals surface area contributed by atoms with Crippen LogP contribution in [0.25, 0.3) is 22.6 Å². The molecule has 0 radical (unpaired) electrons. The highest BCUT2D eigenvalue weighted by molar-refractivity contribution is 5.82. The molecule has 1 aliphatic rings. The average molecular weight is 376 g/mol. The van der Waals surface area contributed by atoms with Gasteiger partial charge in [-0.05, 0) is 36.8 Å². The highest BCUT2D eigenvalue weighted by Crippen LogP contribution is 2.37.